The van der Waals surface area contributed by atoms with Crippen molar-refractivity contribution in [3.8, 4) is 5.75 Å². The molecular weight excluding hydrogens is 382 g/mol. The maximum atomic E-state index is 12.8. The van der Waals surface area contributed by atoms with E-state index >= 15 is 0 Å². The Kier molecular flexibility index (Phi) is 6.95. The monoisotopic (exact) mass is 407 g/mol. The predicted octanol–water partition coefficient (Wildman–Crippen LogP) is 6.42. The lowest BCUT2D eigenvalue weighted by Crippen LogP contribution is -2.28. The van der Waals surface area contributed by atoms with E-state index in [4.69, 9.17) is 16.3 Å². The van der Waals surface area contributed by atoms with E-state index in [9.17, 15) is 4.79 Å². The maximum absolute atomic E-state index is 12.8. The maximum Gasteiger partial charge on any atom is 0.251 e. The minimum absolute atomic E-state index is 0.0329. The first-order valence-corrected chi connectivity index (χ1v) is 10.2. The molecule has 4 heteroatoms. The molecular formula is C25H26ClNO2. The van der Waals surface area contributed by atoms with Crippen LogP contribution in [0.1, 0.15) is 52.0 Å². The Hall–Kier alpha value is -2.78. The van der Waals surface area contributed by atoms with Crippen LogP contribution in [0, 0.1) is 13.8 Å². The van der Waals surface area contributed by atoms with Crippen LogP contribution in [0.25, 0.3) is 0 Å². The number of hydrogen-bond donors (Lipinski definition) is 1. The molecule has 0 spiro atoms. The normalized spacial score (nSPS) is 11.7. The third-order valence-corrected chi connectivity index (χ3v) is 5.46. The van der Waals surface area contributed by atoms with Gasteiger partial charge in [-0.2, -0.15) is 0 Å². The van der Waals surface area contributed by atoms with Crippen LogP contribution in [0.2, 0.25) is 5.02 Å². The Morgan fingerprint density at radius 2 is 1.79 bits per heavy atom. The highest BCUT2D eigenvalue weighted by atomic mass is 35.5. The summed E-state index contributed by atoms with van der Waals surface area (Å²) in [6.45, 7) is 6.61. The summed E-state index contributed by atoms with van der Waals surface area (Å²) in [5.41, 5.74) is 5.08. The van der Waals surface area contributed by atoms with Gasteiger partial charge in [-0.05, 0) is 61.2 Å². The van der Waals surface area contributed by atoms with Crippen LogP contribution in [-0.4, -0.2) is 5.91 Å². The molecule has 0 aliphatic heterocycles. The second kappa shape index (κ2) is 9.62. The molecule has 0 fully saturated rings. The molecule has 0 radical (unpaired) electrons. The first-order chi connectivity index (χ1) is 14.0. The smallest absolute Gasteiger partial charge is 0.251 e. The Morgan fingerprint density at radius 3 is 2.52 bits per heavy atom. The molecule has 0 saturated heterocycles. The van der Waals surface area contributed by atoms with Crippen molar-refractivity contribution < 1.29 is 9.53 Å². The average molecular weight is 408 g/mol. The molecule has 3 aromatic carbocycles. The number of benzene rings is 3. The Morgan fingerprint density at radius 1 is 1.00 bits per heavy atom. The fraction of sp³-hybridized carbons (Fsp3) is 0.240. The van der Waals surface area contributed by atoms with Crippen molar-refractivity contribution >= 4 is 17.5 Å². The van der Waals surface area contributed by atoms with Gasteiger partial charge < -0.3 is 10.1 Å². The molecule has 1 atom stereocenters. The number of halogens is 1. The lowest BCUT2D eigenvalue weighted by molar-refractivity contribution is 0.0935. The lowest BCUT2D eigenvalue weighted by Gasteiger charge is -2.19. The van der Waals surface area contributed by atoms with Gasteiger partial charge in [-0.25, -0.2) is 0 Å². The number of hydrogen-bond acceptors (Lipinski definition) is 2. The van der Waals surface area contributed by atoms with E-state index in [-0.39, 0.29) is 11.9 Å². The summed E-state index contributed by atoms with van der Waals surface area (Å²) in [4.78, 5) is 12.8. The van der Waals surface area contributed by atoms with Gasteiger partial charge >= 0.3 is 0 Å². The van der Waals surface area contributed by atoms with Gasteiger partial charge in [-0.15, -0.1) is 0 Å². The van der Waals surface area contributed by atoms with Gasteiger partial charge in [0.2, 0.25) is 0 Å². The largest absolute Gasteiger partial charge is 0.489 e. The lowest BCUT2D eigenvalue weighted by atomic mass is 9.99. The van der Waals surface area contributed by atoms with Gasteiger partial charge in [0.25, 0.3) is 5.91 Å². The summed E-state index contributed by atoms with van der Waals surface area (Å²) in [6, 6.07) is 21.1. The molecule has 150 valence electrons. The zero-order valence-corrected chi connectivity index (χ0v) is 17.8. The van der Waals surface area contributed by atoms with Crippen LogP contribution in [-0.2, 0) is 6.61 Å². The van der Waals surface area contributed by atoms with E-state index in [1.165, 1.54) is 11.1 Å². The number of aryl methyl sites for hydroxylation is 2. The highest BCUT2D eigenvalue weighted by Gasteiger charge is 2.15. The van der Waals surface area contributed by atoms with Crippen LogP contribution in [0.15, 0.2) is 66.7 Å². The Bertz CT molecular complexity index is 1000. The fourth-order valence-electron chi connectivity index (χ4n) is 3.15. The van der Waals surface area contributed by atoms with Crippen molar-refractivity contribution in [1.82, 2.24) is 5.32 Å². The van der Waals surface area contributed by atoms with Crippen molar-refractivity contribution in [3.05, 3.63) is 99.6 Å². The standard InChI is InChI=1S/C25H26ClNO2/c1-4-24(19-13-12-17(2)18(3)14-19)27-25(28)20-9-7-10-22(15-20)29-16-21-8-5-6-11-23(21)26/h5-15,24H,4,16H2,1-3H3,(H,27,28). The number of amides is 1. The zero-order valence-electron chi connectivity index (χ0n) is 17.0. The molecule has 29 heavy (non-hydrogen) atoms. The van der Waals surface area contributed by atoms with Gasteiger partial charge in [0, 0.05) is 16.1 Å². The van der Waals surface area contributed by atoms with Crippen molar-refractivity contribution in [2.45, 2.75) is 39.8 Å². The van der Waals surface area contributed by atoms with Crippen molar-refractivity contribution in [2.75, 3.05) is 0 Å². The number of nitrogens with one attached hydrogen (secondary N) is 1. The zero-order chi connectivity index (χ0) is 20.8. The third kappa shape index (κ3) is 5.39. The first-order valence-electron chi connectivity index (χ1n) is 9.82. The summed E-state index contributed by atoms with van der Waals surface area (Å²) in [5.74, 6) is 0.523. The van der Waals surface area contributed by atoms with Crippen LogP contribution in [0.5, 0.6) is 5.75 Å². The second-order valence-corrected chi connectivity index (χ2v) is 7.59. The average Bonchev–Trinajstić information content (AvgIpc) is 2.73. The molecule has 3 rings (SSSR count). The van der Waals surface area contributed by atoms with Gasteiger partial charge in [-0.3, -0.25) is 4.79 Å². The number of ether oxygens (including phenoxy) is 1. The van der Waals surface area contributed by atoms with Crippen molar-refractivity contribution in [3.63, 3.8) is 0 Å². The molecule has 1 unspecified atom stereocenters. The molecule has 0 aromatic heterocycles. The van der Waals surface area contributed by atoms with Gasteiger partial charge in [0.1, 0.15) is 12.4 Å². The molecule has 0 aliphatic carbocycles. The third-order valence-electron chi connectivity index (χ3n) is 5.10. The molecule has 0 bridgehead atoms. The molecule has 0 heterocycles. The highest BCUT2D eigenvalue weighted by molar-refractivity contribution is 6.31. The second-order valence-electron chi connectivity index (χ2n) is 7.19. The van der Waals surface area contributed by atoms with E-state index in [0.29, 0.717) is 22.9 Å². The first kappa shape index (κ1) is 20.9. The van der Waals surface area contributed by atoms with Crippen LogP contribution in [0.3, 0.4) is 0 Å². The summed E-state index contributed by atoms with van der Waals surface area (Å²) in [7, 11) is 0. The van der Waals surface area contributed by atoms with Crippen LogP contribution in [0.4, 0.5) is 0 Å². The number of rotatable bonds is 7. The molecule has 3 nitrogen and oxygen atoms in total. The van der Waals surface area contributed by atoms with E-state index in [1.807, 2.05) is 36.4 Å². The molecule has 0 aliphatic rings. The van der Waals surface area contributed by atoms with Crippen LogP contribution < -0.4 is 10.1 Å². The SMILES string of the molecule is CCC(NC(=O)c1cccc(OCc2ccccc2Cl)c1)c1ccc(C)c(C)c1. The molecule has 0 saturated carbocycles. The Balaban J connectivity index is 1.69. The van der Waals surface area contributed by atoms with E-state index < -0.39 is 0 Å². The molecule has 1 amide bonds. The van der Waals surface area contributed by atoms with E-state index in [0.717, 1.165) is 17.5 Å². The van der Waals surface area contributed by atoms with Crippen molar-refractivity contribution in [1.29, 1.82) is 0 Å². The van der Waals surface area contributed by atoms with Crippen LogP contribution >= 0.6 is 11.6 Å². The van der Waals surface area contributed by atoms with E-state index in [2.05, 4.69) is 44.3 Å². The van der Waals surface area contributed by atoms with Gasteiger partial charge in [0.05, 0.1) is 6.04 Å². The summed E-state index contributed by atoms with van der Waals surface area (Å²) >= 11 is 6.18. The number of carbonyl (C=O) groups is 1. The topological polar surface area (TPSA) is 38.3 Å². The summed E-state index contributed by atoms with van der Waals surface area (Å²) in [6.07, 6.45) is 0.816. The van der Waals surface area contributed by atoms with Gasteiger partial charge in [0.15, 0.2) is 0 Å². The highest BCUT2D eigenvalue weighted by Crippen LogP contribution is 2.22. The summed E-state index contributed by atoms with van der Waals surface area (Å²) < 4.78 is 5.84. The fourth-order valence-corrected chi connectivity index (χ4v) is 3.34. The summed E-state index contributed by atoms with van der Waals surface area (Å²) in [5, 5.41) is 3.81. The van der Waals surface area contributed by atoms with Crippen molar-refractivity contribution in [2.24, 2.45) is 0 Å². The minimum Gasteiger partial charge on any atom is -0.489 e. The predicted molar refractivity (Wildman–Crippen MR) is 119 cm³/mol. The number of carbonyl (C=O) groups excluding carboxylic acids is 1. The molecule has 1 N–H and O–H groups in total. The minimum atomic E-state index is -0.113. The molecule has 3 aromatic rings. The van der Waals surface area contributed by atoms with E-state index in [1.54, 1.807) is 12.1 Å². The Labute approximate surface area is 177 Å². The van der Waals surface area contributed by atoms with Gasteiger partial charge in [-0.1, -0.05) is 61.0 Å². The quantitative estimate of drug-likeness (QED) is 0.491.